The van der Waals surface area contributed by atoms with Gasteiger partial charge in [-0.1, -0.05) is 30.3 Å². The van der Waals surface area contributed by atoms with Crippen molar-refractivity contribution in [3.63, 3.8) is 0 Å². The van der Waals surface area contributed by atoms with Gasteiger partial charge in [-0.2, -0.15) is 5.26 Å². The molecule has 0 aliphatic rings. The largest absolute Gasteiger partial charge is 0.493 e. The fraction of sp³-hybridized carbons (Fsp3) is 0.238. The van der Waals surface area contributed by atoms with E-state index in [-0.39, 0.29) is 0 Å². The number of nitrogens with zero attached hydrogens (tertiary/aromatic N) is 2. The highest BCUT2D eigenvalue weighted by Crippen LogP contribution is 2.21. The van der Waals surface area contributed by atoms with Crippen LogP contribution < -0.4 is 9.47 Å². The number of hydrogen-bond donors (Lipinski definition) is 0. The minimum atomic E-state index is 0.413. The van der Waals surface area contributed by atoms with E-state index < -0.39 is 0 Å². The van der Waals surface area contributed by atoms with E-state index in [1.54, 1.807) is 0 Å². The molecule has 3 rings (SSSR count). The number of para-hydroxylation sites is 1. The van der Waals surface area contributed by atoms with Gasteiger partial charge in [0.2, 0.25) is 0 Å². The van der Waals surface area contributed by atoms with Crippen molar-refractivity contribution >= 4 is 10.9 Å². The lowest BCUT2D eigenvalue weighted by molar-refractivity contribution is 0.289. The SMILES string of the molecule is N#CCCCCOc1cccc(OCc2ccc3ccccc3n2)c1. The number of nitriles is 1. The first-order valence-corrected chi connectivity index (χ1v) is 8.42. The number of pyridine rings is 1. The Hall–Kier alpha value is -3.06. The first kappa shape index (κ1) is 16.8. The number of hydrogen-bond acceptors (Lipinski definition) is 4. The molecule has 2 aromatic carbocycles. The molecule has 1 heterocycles. The second-order valence-corrected chi connectivity index (χ2v) is 5.72. The first-order chi connectivity index (χ1) is 12.3. The molecular weight excluding hydrogens is 312 g/mol. The number of rotatable bonds is 8. The summed E-state index contributed by atoms with van der Waals surface area (Å²) in [6.07, 6.45) is 2.31. The van der Waals surface area contributed by atoms with Gasteiger partial charge in [-0.3, -0.25) is 0 Å². The quantitative estimate of drug-likeness (QED) is 0.551. The minimum absolute atomic E-state index is 0.413. The number of aromatic nitrogens is 1. The molecular formula is C21H20N2O2. The van der Waals surface area contributed by atoms with Crippen molar-refractivity contribution < 1.29 is 9.47 Å². The van der Waals surface area contributed by atoms with E-state index in [1.165, 1.54) is 0 Å². The maximum absolute atomic E-state index is 8.52. The first-order valence-electron chi connectivity index (χ1n) is 8.42. The second-order valence-electron chi connectivity index (χ2n) is 5.72. The molecule has 0 fully saturated rings. The summed E-state index contributed by atoms with van der Waals surface area (Å²) in [5.41, 5.74) is 1.86. The monoisotopic (exact) mass is 332 g/mol. The van der Waals surface area contributed by atoms with Gasteiger partial charge in [0.25, 0.3) is 0 Å². The van der Waals surface area contributed by atoms with Crippen LogP contribution in [0.3, 0.4) is 0 Å². The lowest BCUT2D eigenvalue weighted by Crippen LogP contribution is -2.00. The van der Waals surface area contributed by atoms with Gasteiger partial charge in [0, 0.05) is 17.9 Å². The molecule has 0 amide bonds. The normalized spacial score (nSPS) is 10.4. The van der Waals surface area contributed by atoms with Crippen LogP contribution in [-0.4, -0.2) is 11.6 Å². The maximum Gasteiger partial charge on any atom is 0.130 e. The zero-order valence-electron chi connectivity index (χ0n) is 14.0. The van der Waals surface area contributed by atoms with Crippen LogP contribution in [0, 0.1) is 11.3 Å². The molecule has 0 bridgehead atoms. The van der Waals surface area contributed by atoms with Crippen molar-refractivity contribution in [2.24, 2.45) is 0 Å². The summed E-state index contributed by atoms with van der Waals surface area (Å²) in [7, 11) is 0. The summed E-state index contributed by atoms with van der Waals surface area (Å²) < 4.78 is 11.5. The molecule has 0 aliphatic heterocycles. The molecule has 0 radical (unpaired) electrons. The third kappa shape index (κ3) is 4.95. The van der Waals surface area contributed by atoms with Gasteiger partial charge in [-0.05, 0) is 37.1 Å². The molecule has 4 heteroatoms. The molecule has 0 unspecified atom stereocenters. The van der Waals surface area contributed by atoms with E-state index in [0.717, 1.165) is 40.9 Å². The van der Waals surface area contributed by atoms with Crippen molar-refractivity contribution in [3.05, 3.63) is 66.4 Å². The third-order valence-corrected chi connectivity index (χ3v) is 3.80. The van der Waals surface area contributed by atoms with Gasteiger partial charge in [0.1, 0.15) is 18.1 Å². The third-order valence-electron chi connectivity index (χ3n) is 3.80. The molecule has 0 saturated carbocycles. The Morgan fingerprint density at radius 1 is 0.880 bits per heavy atom. The summed E-state index contributed by atoms with van der Waals surface area (Å²) in [5, 5.41) is 9.64. The van der Waals surface area contributed by atoms with Gasteiger partial charge >= 0.3 is 0 Å². The fourth-order valence-electron chi connectivity index (χ4n) is 2.50. The summed E-state index contributed by atoms with van der Waals surface area (Å²) in [6.45, 7) is 1.02. The Balaban J connectivity index is 1.55. The van der Waals surface area contributed by atoms with Crippen molar-refractivity contribution in [1.29, 1.82) is 5.26 Å². The fourth-order valence-corrected chi connectivity index (χ4v) is 2.50. The van der Waals surface area contributed by atoms with Gasteiger partial charge in [0.15, 0.2) is 0 Å². The Morgan fingerprint density at radius 2 is 1.72 bits per heavy atom. The molecule has 0 aliphatic carbocycles. The Bertz CT molecular complexity index is 871. The van der Waals surface area contributed by atoms with E-state index in [9.17, 15) is 0 Å². The topological polar surface area (TPSA) is 55.1 Å². The zero-order valence-corrected chi connectivity index (χ0v) is 14.0. The highest BCUT2D eigenvalue weighted by Gasteiger charge is 2.02. The predicted octanol–water partition coefficient (Wildman–Crippen LogP) is 4.89. The van der Waals surface area contributed by atoms with Crippen LogP contribution in [0.15, 0.2) is 60.7 Å². The van der Waals surface area contributed by atoms with Gasteiger partial charge in [-0.15, -0.1) is 0 Å². The summed E-state index contributed by atoms with van der Waals surface area (Å²) >= 11 is 0. The van der Waals surface area contributed by atoms with Crippen LogP contribution in [0.2, 0.25) is 0 Å². The van der Waals surface area contributed by atoms with Crippen molar-refractivity contribution in [2.45, 2.75) is 25.9 Å². The van der Waals surface area contributed by atoms with Crippen LogP contribution >= 0.6 is 0 Å². The lowest BCUT2D eigenvalue weighted by atomic mass is 10.2. The molecule has 3 aromatic rings. The van der Waals surface area contributed by atoms with E-state index in [1.807, 2.05) is 54.6 Å². The summed E-state index contributed by atoms with van der Waals surface area (Å²) in [4.78, 5) is 4.61. The standard InChI is InChI=1S/C21H20N2O2/c22-13-4-1-5-14-24-19-8-6-9-20(15-19)25-16-18-12-11-17-7-2-3-10-21(17)23-18/h2-3,6-12,15H,1,4-5,14,16H2. The van der Waals surface area contributed by atoms with Crippen molar-refractivity contribution in [3.8, 4) is 17.6 Å². The van der Waals surface area contributed by atoms with Crippen LogP contribution in [0.5, 0.6) is 11.5 Å². The highest BCUT2D eigenvalue weighted by molar-refractivity contribution is 5.78. The number of unbranched alkanes of at least 4 members (excludes halogenated alkanes) is 2. The van der Waals surface area contributed by atoms with Crippen LogP contribution in [0.1, 0.15) is 25.0 Å². The van der Waals surface area contributed by atoms with Gasteiger partial charge in [-0.25, -0.2) is 4.98 Å². The smallest absolute Gasteiger partial charge is 0.130 e. The van der Waals surface area contributed by atoms with E-state index >= 15 is 0 Å². The molecule has 0 saturated heterocycles. The minimum Gasteiger partial charge on any atom is -0.493 e. The Kier molecular flexibility index (Phi) is 5.84. The average Bonchev–Trinajstić information content (AvgIpc) is 2.66. The average molecular weight is 332 g/mol. The maximum atomic E-state index is 8.52. The molecule has 0 atom stereocenters. The van der Waals surface area contributed by atoms with Crippen LogP contribution in [-0.2, 0) is 6.61 Å². The Morgan fingerprint density at radius 3 is 2.60 bits per heavy atom. The van der Waals surface area contributed by atoms with Gasteiger partial charge < -0.3 is 9.47 Å². The van der Waals surface area contributed by atoms with Gasteiger partial charge in [0.05, 0.1) is 23.9 Å². The van der Waals surface area contributed by atoms with Crippen LogP contribution in [0.25, 0.3) is 10.9 Å². The Labute approximate surface area is 147 Å². The molecule has 4 nitrogen and oxygen atoms in total. The second kappa shape index (κ2) is 8.70. The number of ether oxygens (including phenoxy) is 2. The number of fused-ring (bicyclic) bond motifs is 1. The molecule has 126 valence electrons. The highest BCUT2D eigenvalue weighted by atomic mass is 16.5. The predicted molar refractivity (Wildman–Crippen MR) is 97.5 cm³/mol. The van der Waals surface area contributed by atoms with Crippen molar-refractivity contribution in [2.75, 3.05) is 6.61 Å². The van der Waals surface area contributed by atoms with E-state index in [0.29, 0.717) is 19.6 Å². The summed E-state index contributed by atoms with van der Waals surface area (Å²) in [5.74, 6) is 1.53. The molecule has 1 aromatic heterocycles. The van der Waals surface area contributed by atoms with E-state index in [2.05, 4.69) is 17.1 Å². The molecule has 0 spiro atoms. The summed E-state index contributed by atoms with van der Waals surface area (Å²) in [6, 6.07) is 21.8. The van der Waals surface area contributed by atoms with E-state index in [4.69, 9.17) is 14.7 Å². The lowest BCUT2D eigenvalue weighted by Gasteiger charge is -2.09. The van der Waals surface area contributed by atoms with Crippen LogP contribution in [0.4, 0.5) is 0 Å². The zero-order chi connectivity index (χ0) is 17.3. The van der Waals surface area contributed by atoms with Crippen molar-refractivity contribution in [1.82, 2.24) is 4.98 Å². The molecule has 25 heavy (non-hydrogen) atoms. The number of benzene rings is 2. The molecule has 0 N–H and O–H groups in total.